The highest BCUT2D eigenvalue weighted by Crippen LogP contribution is 2.36. The fourth-order valence-electron chi connectivity index (χ4n) is 2.39. The van der Waals surface area contributed by atoms with Gasteiger partial charge in [-0.2, -0.15) is 0 Å². The lowest BCUT2D eigenvalue weighted by molar-refractivity contribution is 0.286. The molecule has 0 fully saturated rings. The van der Waals surface area contributed by atoms with E-state index in [1.807, 2.05) is 38.1 Å². The van der Waals surface area contributed by atoms with E-state index in [4.69, 9.17) is 9.47 Å². The van der Waals surface area contributed by atoms with Crippen LogP contribution in [0, 0.1) is 5.82 Å². The van der Waals surface area contributed by atoms with Gasteiger partial charge in [0.15, 0.2) is 11.5 Å². The molecule has 0 bridgehead atoms. The van der Waals surface area contributed by atoms with Crippen LogP contribution in [0.15, 0.2) is 40.9 Å². The Labute approximate surface area is 151 Å². The average Bonchev–Trinajstić information content (AvgIpc) is 2.57. The van der Waals surface area contributed by atoms with Gasteiger partial charge in [0.05, 0.1) is 17.7 Å². The van der Waals surface area contributed by atoms with Crippen molar-refractivity contribution in [3.63, 3.8) is 0 Å². The van der Waals surface area contributed by atoms with Gasteiger partial charge in [-0.25, -0.2) is 4.39 Å². The van der Waals surface area contributed by atoms with Crippen LogP contribution in [0.25, 0.3) is 0 Å². The molecule has 130 valence electrons. The highest BCUT2D eigenvalue weighted by molar-refractivity contribution is 9.10. The third kappa shape index (κ3) is 5.49. The first-order valence-corrected chi connectivity index (χ1v) is 8.96. The molecule has 0 radical (unpaired) electrons. The summed E-state index contributed by atoms with van der Waals surface area (Å²) in [5.74, 6) is 1.30. The molecule has 0 unspecified atom stereocenters. The molecule has 0 aliphatic rings. The first-order valence-electron chi connectivity index (χ1n) is 8.17. The number of halogens is 2. The Kier molecular flexibility index (Phi) is 7.53. The van der Waals surface area contributed by atoms with Crippen LogP contribution in [-0.4, -0.2) is 19.8 Å². The predicted octanol–water partition coefficient (Wildman–Crippen LogP) is 4.72. The molecule has 0 spiro atoms. The fourth-order valence-corrected chi connectivity index (χ4v) is 2.99. The predicted molar refractivity (Wildman–Crippen MR) is 98.3 cm³/mol. The molecule has 0 aromatic heterocycles. The zero-order valence-corrected chi connectivity index (χ0v) is 15.7. The second-order valence-electron chi connectivity index (χ2n) is 5.32. The van der Waals surface area contributed by atoms with Gasteiger partial charge < -0.3 is 14.8 Å². The van der Waals surface area contributed by atoms with E-state index in [0.717, 1.165) is 46.6 Å². The summed E-state index contributed by atoms with van der Waals surface area (Å²) in [5.41, 5.74) is 2.24. The Balaban J connectivity index is 1.93. The van der Waals surface area contributed by atoms with Crippen molar-refractivity contribution >= 4 is 15.9 Å². The van der Waals surface area contributed by atoms with Crippen molar-refractivity contribution in [3.8, 4) is 11.5 Å². The standard InChI is InChI=1S/C19H23BrFNO2/c1-3-23-18-12-15(11-17(20)19(18)24-4-2)13-22-10-9-14-5-7-16(21)8-6-14/h5-8,11-12,22H,3-4,9-10,13H2,1-2H3. The van der Waals surface area contributed by atoms with Crippen LogP contribution in [-0.2, 0) is 13.0 Å². The van der Waals surface area contributed by atoms with Crippen molar-refractivity contribution in [2.24, 2.45) is 0 Å². The van der Waals surface area contributed by atoms with Gasteiger partial charge in [-0.15, -0.1) is 0 Å². The first kappa shape index (κ1) is 18.7. The van der Waals surface area contributed by atoms with Gasteiger partial charge in [-0.1, -0.05) is 12.1 Å². The molecular weight excluding hydrogens is 373 g/mol. The van der Waals surface area contributed by atoms with E-state index in [9.17, 15) is 4.39 Å². The van der Waals surface area contributed by atoms with E-state index in [2.05, 4.69) is 21.2 Å². The monoisotopic (exact) mass is 395 g/mol. The van der Waals surface area contributed by atoms with E-state index in [1.165, 1.54) is 12.1 Å². The Morgan fingerprint density at radius 3 is 2.38 bits per heavy atom. The lowest BCUT2D eigenvalue weighted by atomic mass is 10.1. The van der Waals surface area contributed by atoms with Crippen molar-refractivity contribution in [1.82, 2.24) is 5.32 Å². The summed E-state index contributed by atoms with van der Waals surface area (Å²) >= 11 is 3.55. The Morgan fingerprint density at radius 2 is 1.71 bits per heavy atom. The van der Waals surface area contributed by atoms with E-state index >= 15 is 0 Å². The van der Waals surface area contributed by atoms with E-state index < -0.39 is 0 Å². The van der Waals surface area contributed by atoms with Gasteiger partial charge in [0.1, 0.15) is 5.82 Å². The molecule has 24 heavy (non-hydrogen) atoms. The van der Waals surface area contributed by atoms with Crippen molar-refractivity contribution in [2.45, 2.75) is 26.8 Å². The van der Waals surface area contributed by atoms with Crippen LogP contribution < -0.4 is 14.8 Å². The van der Waals surface area contributed by atoms with E-state index in [-0.39, 0.29) is 5.82 Å². The Morgan fingerprint density at radius 1 is 1.00 bits per heavy atom. The zero-order valence-electron chi connectivity index (χ0n) is 14.1. The van der Waals surface area contributed by atoms with Gasteiger partial charge in [-0.3, -0.25) is 0 Å². The Hall–Kier alpha value is -1.59. The summed E-state index contributed by atoms with van der Waals surface area (Å²) in [5, 5.41) is 3.40. The molecule has 0 saturated heterocycles. The average molecular weight is 396 g/mol. The number of nitrogens with one attached hydrogen (secondary N) is 1. The second-order valence-corrected chi connectivity index (χ2v) is 6.18. The first-order chi connectivity index (χ1) is 11.6. The van der Waals surface area contributed by atoms with Crippen molar-refractivity contribution < 1.29 is 13.9 Å². The highest BCUT2D eigenvalue weighted by atomic mass is 79.9. The summed E-state index contributed by atoms with van der Waals surface area (Å²) in [6, 6.07) is 10.7. The topological polar surface area (TPSA) is 30.5 Å². The summed E-state index contributed by atoms with van der Waals surface area (Å²) < 4.78 is 25.1. The molecule has 0 saturated carbocycles. The van der Waals surface area contributed by atoms with E-state index in [1.54, 1.807) is 0 Å². The zero-order chi connectivity index (χ0) is 17.4. The molecule has 5 heteroatoms. The smallest absolute Gasteiger partial charge is 0.175 e. The number of hydrogen-bond donors (Lipinski definition) is 1. The molecule has 2 aromatic rings. The Bertz CT molecular complexity index is 647. The maximum Gasteiger partial charge on any atom is 0.175 e. The van der Waals surface area contributed by atoms with Crippen LogP contribution in [0.1, 0.15) is 25.0 Å². The molecule has 2 rings (SSSR count). The maximum atomic E-state index is 12.9. The molecule has 0 aliphatic heterocycles. The van der Waals surface area contributed by atoms with Gasteiger partial charge in [-0.05, 0) is 78.1 Å². The molecule has 1 N–H and O–H groups in total. The maximum absolute atomic E-state index is 12.9. The number of rotatable bonds is 9. The number of ether oxygens (including phenoxy) is 2. The van der Waals surface area contributed by atoms with Gasteiger partial charge in [0.2, 0.25) is 0 Å². The molecule has 2 aromatic carbocycles. The van der Waals surface area contributed by atoms with Crippen molar-refractivity contribution in [3.05, 3.63) is 57.8 Å². The van der Waals surface area contributed by atoms with Crippen LogP contribution in [0.3, 0.4) is 0 Å². The number of hydrogen-bond acceptors (Lipinski definition) is 3. The SMILES string of the molecule is CCOc1cc(CNCCc2ccc(F)cc2)cc(Br)c1OCC. The normalized spacial score (nSPS) is 10.7. The summed E-state index contributed by atoms with van der Waals surface area (Å²) in [6.07, 6.45) is 0.858. The lowest BCUT2D eigenvalue weighted by Crippen LogP contribution is -2.17. The quantitative estimate of drug-likeness (QED) is 0.623. The molecule has 0 heterocycles. The minimum Gasteiger partial charge on any atom is -0.490 e. The second kappa shape index (κ2) is 9.64. The summed E-state index contributed by atoms with van der Waals surface area (Å²) in [7, 11) is 0. The van der Waals surface area contributed by atoms with Crippen molar-refractivity contribution in [2.75, 3.05) is 19.8 Å². The third-order valence-electron chi connectivity index (χ3n) is 3.49. The largest absolute Gasteiger partial charge is 0.490 e. The van der Waals surface area contributed by atoms with Crippen LogP contribution in [0.5, 0.6) is 11.5 Å². The van der Waals surface area contributed by atoms with Gasteiger partial charge >= 0.3 is 0 Å². The molecule has 0 amide bonds. The minimum atomic E-state index is -0.200. The molecular formula is C19H23BrFNO2. The van der Waals surface area contributed by atoms with Gasteiger partial charge in [0.25, 0.3) is 0 Å². The van der Waals surface area contributed by atoms with Crippen LogP contribution in [0.4, 0.5) is 4.39 Å². The van der Waals surface area contributed by atoms with Gasteiger partial charge in [0, 0.05) is 6.54 Å². The van der Waals surface area contributed by atoms with Crippen molar-refractivity contribution in [1.29, 1.82) is 0 Å². The summed E-state index contributed by atoms with van der Waals surface area (Å²) in [4.78, 5) is 0. The van der Waals surface area contributed by atoms with E-state index in [0.29, 0.717) is 13.2 Å². The van der Waals surface area contributed by atoms with Crippen LogP contribution >= 0.6 is 15.9 Å². The molecule has 0 aliphatic carbocycles. The molecule has 3 nitrogen and oxygen atoms in total. The van der Waals surface area contributed by atoms with Crippen LogP contribution in [0.2, 0.25) is 0 Å². The highest BCUT2D eigenvalue weighted by Gasteiger charge is 2.11. The molecule has 0 atom stereocenters. The summed E-state index contributed by atoms with van der Waals surface area (Å²) in [6.45, 7) is 6.64. The number of benzene rings is 2. The third-order valence-corrected chi connectivity index (χ3v) is 4.08. The minimum absolute atomic E-state index is 0.200. The fraction of sp³-hybridized carbons (Fsp3) is 0.368. The lowest BCUT2D eigenvalue weighted by Gasteiger charge is -2.15.